The van der Waals surface area contributed by atoms with Gasteiger partial charge < -0.3 is 10.7 Å². The first-order valence-electron chi connectivity index (χ1n) is 6.59. The molecule has 0 saturated heterocycles. The molecule has 1 atom stereocenters. The molecule has 0 saturated carbocycles. The fourth-order valence-electron chi connectivity index (χ4n) is 1.94. The van der Waals surface area contributed by atoms with Crippen molar-refractivity contribution in [1.82, 2.24) is 9.97 Å². The molecule has 0 radical (unpaired) electrons. The molecule has 0 bridgehead atoms. The molecule has 1 unspecified atom stereocenters. The lowest BCUT2D eigenvalue weighted by molar-refractivity contribution is 0.530. The molecule has 3 N–H and O–H groups in total. The van der Waals surface area contributed by atoms with Crippen molar-refractivity contribution < 1.29 is 0 Å². The molecule has 0 aliphatic heterocycles. The molecule has 0 aromatic carbocycles. The van der Waals surface area contributed by atoms with Crippen molar-refractivity contribution in [2.45, 2.75) is 64.3 Å². The van der Waals surface area contributed by atoms with E-state index in [1.54, 1.807) is 6.20 Å². The number of unbranched alkanes of at least 4 members (excludes halogenated alkanes) is 6. The number of nitrogens with zero attached hydrogens (tertiary/aromatic N) is 1. The summed E-state index contributed by atoms with van der Waals surface area (Å²) in [5.41, 5.74) is 6.01. The third-order valence-corrected chi connectivity index (χ3v) is 2.99. The van der Waals surface area contributed by atoms with Crippen molar-refractivity contribution >= 4 is 0 Å². The third-order valence-electron chi connectivity index (χ3n) is 2.99. The Morgan fingerprint density at radius 1 is 1.19 bits per heavy atom. The Balaban J connectivity index is 1.95. The van der Waals surface area contributed by atoms with Gasteiger partial charge in [-0.15, -0.1) is 0 Å². The number of nitrogens with one attached hydrogen (secondary N) is 1. The average molecular weight is 223 g/mol. The molecule has 1 rings (SSSR count). The van der Waals surface area contributed by atoms with Gasteiger partial charge in [0.15, 0.2) is 0 Å². The molecular formula is C13H25N3. The molecule has 0 aliphatic carbocycles. The number of aromatic nitrogens is 2. The van der Waals surface area contributed by atoms with Crippen LogP contribution in [-0.4, -0.2) is 9.97 Å². The van der Waals surface area contributed by atoms with Gasteiger partial charge in [-0.3, -0.25) is 0 Å². The Hall–Kier alpha value is -0.830. The van der Waals surface area contributed by atoms with Crippen LogP contribution in [0.1, 0.15) is 70.2 Å². The van der Waals surface area contributed by atoms with Gasteiger partial charge in [-0.2, -0.15) is 0 Å². The van der Waals surface area contributed by atoms with Crippen molar-refractivity contribution in [1.29, 1.82) is 0 Å². The van der Waals surface area contributed by atoms with Crippen LogP contribution in [0.25, 0.3) is 0 Å². The van der Waals surface area contributed by atoms with Gasteiger partial charge in [-0.1, -0.05) is 51.9 Å². The molecule has 0 amide bonds. The van der Waals surface area contributed by atoms with Crippen LogP contribution >= 0.6 is 0 Å². The van der Waals surface area contributed by atoms with Gasteiger partial charge in [0, 0.05) is 12.4 Å². The zero-order valence-corrected chi connectivity index (χ0v) is 10.4. The first-order chi connectivity index (χ1) is 7.84. The molecule has 0 aliphatic rings. The van der Waals surface area contributed by atoms with Crippen LogP contribution in [0.4, 0.5) is 0 Å². The van der Waals surface area contributed by atoms with Gasteiger partial charge >= 0.3 is 0 Å². The summed E-state index contributed by atoms with van der Waals surface area (Å²) < 4.78 is 0. The highest BCUT2D eigenvalue weighted by atomic mass is 14.9. The van der Waals surface area contributed by atoms with Crippen LogP contribution in [0.5, 0.6) is 0 Å². The Morgan fingerprint density at radius 2 is 1.88 bits per heavy atom. The maximum atomic E-state index is 6.01. The maximum Gasteiger partial charge on any atom is 0.123 e. The second-order valence-electron chi connectivity index (χ2n) is 4.49. The van der Waals surface area contributed by atoms with E-state index in [0.717, 1.165) is 12.2 Å². The zero-order chi connectivity index (χ0) is 11.6. The number of H-pyrrole nitrogens is 1. The first-order valence-corrected chi connectivity index (χ1v) is 6.59. The standard InChI is InChI=1S/C13H25N3/c1-2-3-4-5-6-7-8-9-12(14)13-15-10-11-16-13/h10-12H,2-9,14H2,1H3,(H,15,16). The fourth-order valence-corrected chi connectivity index (χ4v) is 1.94. The van der Waals surface area contributed by atoms with E-state index in [2.05, 4.69) is 16.9 Å². The second kappa shape index (κ2) is 8.34. The van der Waals surface area contributed by atoms with Crippen LogP contribution < -0.4 is 5.73 Å². The molecule has 16 heavy (non-hydrogen) atoms. The van der Waals surface area contributed by atoms with E-state index in [0.29, 0.717) is 0 Å². The lowest BCUT2D eigenvalue weighted by atomic mass is 10.1. The molecular weight excluding hydrogens is 198 g/mol. The number of nitrogens with two attached hydrogens (primary N) is 1. The Kier molecular flexibility index (Phi) is 6.90. The van der Waals surface area contributed by atoms with Gasteiger partial charge in [0.05, 0.1) is 6.04 Å². The number of rotatable bonds is 9. The SMILES string of the molecule is CCCCCCCCCC(N)c1ncc[nH]1. The van der Waals surface area contributed by atoms with E-state index in [4.69, 9.17) is 5.73 Å². The van der Waals surface area contributed by atoms with Crippen LogP contribution in [0, 0.1) is 0 Å². The monoisotopic (exact) mass is 223 g/mol. The Bertz CT molecular complexity index is 244. The van der Waals surface area contributed by atoms with E-state index in [9.17, 15) is 0 Å². The normalized spacial score (nSPS) is 12.9. The van der Waals surface area contributed by atoms with Crippen LogP contribution in [0.15, 0.2) is 12.4 Å². The summed E-state index contributed by atoms with van der Waals surface area (Å²) in [6.07, 6.45) is 14.0. The molecule has 0 spiro atoms. The van der Waals surface area contributed by atoms with Gasteiger partial charge in [0.2, 0.25) is 0 Å². The smallest absolute Gasteiger partial charge is 0.123 e. The number of hydrogen-bond acceptors (Lipinski definition) is 2. The highest BCUT2D eigenvalue weighted by Gasteiger charge is 2.06. The van der Waals surface area contributed by atoms with E-state index in [1.165, 1.54) is 44.9 Å². The lowest BCUT2D eigenvalue weighted by Gasteiger charge is -2.08. The predicted molar refractivity (Wildman–Crippen MR) is 68.1 cm³/mol. The number of hydrogen-bond donors (Lipinski definition) is 2. The summed E-state index contributed by atoms with van der Waals surface area (Å²) in [6, 6.07) is 0.0886. The summed E-state index contributed by atoms with van der Waals surface area (Å²) in [5.74, 6) is 0.922. The number of aromatic amines is 1. The second-order valence-corrected chi connectivity index (χ2v) is 4.49. The first kappa shape index (κ1) is 13.2. The largest absolute Gasteiger partial charge is 0.347 e. The molecule has 3 heteroatoms. The summed E-state index contributed by atoms with van der Waals surface area (Å²) in [4.78, 5) is 7.24. The Morgan fingerprint density at radius 3 is 2.50 bits per heavy atom. The quantitative estimate of drug-likeness (QED) is 0.629. The van der Waals surface area contributed by atoms with E-state index in [-0.39, 0.29) is 6.04 Å². The zero-order valence-electron chi connectivity index (χ0n) is 10.4. The fraction of sp³-hybridized carbons (Fsp3) is 0.769. The minimum atomic E-state index is 0.0886. The molecule has 1 heterocycles. The van der Waals surface area contributed by atoms with Crippen molar-refractivity contribution in [2.75, 3.05) is 0 Å². The van der Waals surface area contributed by atoms with E-state index in [1.807, 2.05) is 6.20 Å². The van der Waals surface area contributed by atoms with Gasteiger partial charge in [0.25, 0.3) is 0 Å². The summed E-state index contributed by atoms with van der Waals surface area (Å²) in [6.45, 7) is 2.25. The average Bonchev–Trinajstić information content (AvgIpc) is 2.81. The molecule has 92 valence electrons. The van der Waals surface area contributed by atoms with Gasteiger partial charge in [-0.25, -0.2) is 4.98 Å². The van der Waals surface area contributed by atoms with Crippen molar-refractivity contribution in [2.24, 2.45) is 5.73 Å². The topological polar surface area (TPSA) is 54.7 Å². The predicted octanol–water partition coefficient (Wildman–Crippen LogP) is 3.55. The third kappa shape index (κ3) is 5.31. The van der Waals surface area contributed by atoms with Crippen LogP contribution in [0.3, 0.4) is 0 Å². The highest BCUT2D eigenvalue weighted by molar-refractivity contribution is 4.93. The van der Waals surface area contributed by atoms with Gasteiger partial charge in [0.1, 0.15) is 5.82 Å². The molecule has 1 aromatic rings. The van der Waals surface area contributed by atoms with E-state index < -0.39 is 0 Å². The summed E-state index contributed by atoms with van der Waals surface area (Å²) in [5, 5.41) is 0. The molecule has 0 fully saturated rings. The minimum absolute atomic E-state index is 0.0886. The summed E-state index contributed by atoms with van der Waals surface area (Å²) >= 11 is 0. The summed E-state index contributed by atoms with van der Waals surface area (Å²) in [7, 11) is 0. The van der Waals surface area contributed by atoms with Crippen LogP contribution in [0.2, 0.25) is 0 Å². The highest BCUT2D eigenvalue weighted by Crippen LogP contribution is 2.15. The molecule has 1 aromatic heterocycles. The minimum Gasteiger partial charge on any atom is -0.347 e. The van der Waals surface area contributed by atoms with E-state index >= 15 is 0 Å². The molecule has 3 nitrogen and oxygen atoms in total. The lowest BCUT2D eigenvalue weighted by Crippen LogP contribution is -2.11. The van der Waals surface area contributed by atoms with Crippen molar-refractivity contribution in [3.05, 3.63) is 18.2 Å². The van der Waals surface area contributed by atoms with Crippen molar-refractivity contribution in [3.8, 4) is 0 Å². The Labute approximate surface area is 98.8 Å². The number of imidazole rings is 1. The van der Waals surface area contributed by atoms with Crippen LogP contribution in [-0.2, 0) is 0 Å². The van der Waals surface area contributed by atoms with Crippen molar-refractivity contribution in [3.63, 3.8) is 0 Å². The van der Waals surface area contributed by atoms with Gasteiger partial charge in [-0.05, 0) is 6.42 Å². The maximum absolute atomic E-state index is 6.01.